The second-order valence-corrected chi connectivity index (χ2v) is 6.02. The zero-order valence-corrected chi connectivity index (χ0v) is 13.6. The zero-order valence-electron chi connectivity index (χ0n) is 13.6. The van der Waals surface area contributed by atoms with Crippen molar-refractivity contribution in [3.05, 3.63) is 17.0 Å². The smallest absolute Gasteiger partial charge is 0.317 e. The molecule has 0 spiro atoms. The van der Waals surface area contributed by atoms with E-state index in [0.29, 0.717) is 13.2 Å². The second-order valence-electron chi connectivity index (χ2n) is 6.02. The fourth-order valence-corrected chi connectivity index (χ4v) is 3.55. The van der Waals surface area contributed by atoms with Crippen molar-refractivity contribution in [3.8, 4) is 0 Å². The summed E-state index contributed by atoms with van der Waals surface area (Å²) >= 11 is 0. The van der Waals surface area contributed by atoms with Gasteiger partial charge in [-0.05, 0) is 26.2 Å². The van der Waals surface area contributed by atoms with Crippen molar-refractivity contribution < 1.29 is 9.53 Å². The Hall–Kier alpha value is -1.56. The minimum Gasteiger partial charge on any atom is -0.376 e. The van der Waals surface area contributed by atoms with E-state index in [0.717, 1.165) is 51.1 Å². The summed E-state index contributed by atoms with van der Waals surface area (Å²) in [5.41, 5.74) is 3.60. The van der Waals surface area contributed by atoms with Gasteiger partial charge in [0.15, 0.2) is 0 Å². The first-order chi connectivity index (χ1) is 10.8. The normalized spacial score (nSPS) is 21.0. The quantitative estimate of drug-likeness (QED) is 0.928. The highest BCUT2D eigenvalue weighted by molar-refractivity contribution is 5.75. The Morgan fingerprint density at radius 1 is 1.45 bits per heavy atom. The number of amides is 2. The molecule has 3 heterocycles. The monoisotopic (exact) mass is 306 g/mol. The first kappa shape index (κ1) is 15.3. The molecular formula is C16H26N4O2. The molecule has 0 bridgehead atoms. The molecule has 0 aromatic carbocycles. The molecule has 122 valence electrons. The maximum absolute atomic E-state index is 12.3. The third kappa shape index (κ3) is 2.72. The van der Waals surface area contributed by atoms with E-state index in [2.05, 4.69) is 16.9 Å². The van der Waals surface area contributed by atoms with E-state index in [1.165, 1.54) is 11.3 Å². The summed E-state index contributed by atoms with van der Waals surface area (Å²) in [7, 11) is 0. The Morgan fingerprint density at radius 3 is 3.09 bits per heavy atom. The summed E-state index contributed by atoms with van der Waals surface area (Å²) < 4.78 is 7.80. The highest BCUT2D eigenvalue weighted by Crippen LogP contribution is 2.35. The molecular weight excluding hydrogens is 280 g/mol. The van der Waals surface area contributed by atoms with Crippen LogP contribution in [0.15, 0.2) is 0 Å². The van der Waals surface area contributed by atoms with E-state index in [4.69, 9.17) is 9.84 Å². The first-order valence-corrected chi connectivity index (χ1v) is 8.46. The summed E-state index contributed by atoms with van der Waals surface area (Å²) in [6.45, 7) is 7.94. The van der Waals surface area contributed by atoms with Crippen LogP contribution in [0.3, 0.4) is 0 Å². The standard InChI is InChI=1S/C16H26N4O2/c1-3-8-20-13-7-10-22-11-12(13)15(18-20)14-6-5-9-19(14)16(21)17-4-2/h14H,3-11H2,1-2H3,(H,17,21). The predicted octanol–water partition coefficient (Wildman–Crippen LogP) is 2.23. The number of nitrogens with one attached hydrogen (secondary N) is 1. The molecule has 2 aliphatic rings. The third-order valence-electron chi connectivity index (χ3n) is 4.52. The lowest BCUT2D eigenvalue weighted by atomic mass is 10.0. The number of aromatic nitrogens is 2. The van der Waals surface area contributed by atoms with Crippen molar-refractivity contribution in [1.29, 1.82) is 0 Å². The molecule has 1 saturated heterocycles. The second kappa shape index (κ2) is 6.69. The Labute approximate surface area is 131 Å². The molecule has 0 radical (unpaired) electrons. The van der Waals surface area contributed by atoms with Crippen LogP contribution in [-0.2, 0) is 24.3 Å². The minimum atomic E-state index is 0.0283. The largest absolute Gasteiger partial charge is 0.376 e. The number of likely N-dealkylation sites (tertiary alicyclic amines) is 1. The molecule has 1 aromatic heterocycles. The number of carbonyl (C=O) groups is 1. The van der Waals surface area contributed by atoms with Crippen LogP contribution in [0.5, 0.6) is 0 Å². The van der Waals surface area contributed by atoms with Crippen LogP contribution in [0.25, 0.3) is 0 Å². The van der Waals surface area contributed by atoms with Gasteiger partial charge >= 0.3 is 6.03 Å². The number of fused-ring (bicyclic) bond motifs is 1. The molecule has 6 nitrogen and oxygen atoms in total. The van der Waals surface area contributed by atoms with E-state index >= 15 is 0 Å². The highest BCUT2D eigenvalue weighted by Gasteiger charge is 2.35. The predicted molar refractivity (Wildman–Crippen MR) is 83.6 cm³/mol. The summed E-state index contributed by atoms with van der Waals surface area (Å²) in [6.07, 6.45) is 4.03. The van der Waals surface area contributed by atoms with Gasteiger partial charge in [-0.2, -0.15) is 5.10 Å². The zero-order chi connectivity index (χ0) is 15.5. The molecule has 6 heteroatoms. The fourth-order valence-electron chi connectivity index (χ4n) is 3.55. The topological polar surface area (TPSA) is 59.4 Å². The first-order valence-electron chi connectivity index (χ1n) is 8.46. The molecule has 0 saturated carbocycles. The van der Waals surface area contributed by atoms with Crippen LogP contribution in [0.1, 0.15) is 56.1 Å². The molecule has 1 N–H and O–H groups in total. The molecule has 1 unspecified atom stereocenters. The maximum Gasteiger partial charge on any atom is 0.317 e. The molecule has 1 fully saturated rings. The number of rotatable bonds is 4. The number of hydrogen-bond donors (Lipinski definition) is 1. The lowest BCUT2D eigenvalue weighted by Crippen LogP contribution is -2.39. The Morgan fingerprint density at radius 2 is 2.32 bits per heavy atom. The van der Waals surface area contributed by atoms with Gasteiger partial charge in [0.05, 0.1) is 24.9 Å². The van der Waals surface area contributed by atoms with Crippen molar-refractivity contribution in [2.24, 2.45) is 0 Å². The molecule has 0 aliphatic carbocycles. The van der Waals surface area contributed by atoms with Crippen molar-refractivity contribution in [2.75, 3.05) is 19.7 Å². The number of urea groups is 1. The van der Waals surface area contributed by atoms with Crippen LogP contribution in [0.2, 0.25) is 0 Å². The van der Waals surface area contributed by atoms with E-state index in [1.54, 1.807) is 0 Å². The SMILES string of the molecule is CCCn1nc(C2CCCN2C(=O)NCC)c2c1CCOC2. The molecule has 2 aliphatic heterocycles. The van der Waals surface area contributed by atoms with Gasteiger partial charge in [-0.25, -0.2) is 4.79 Å². The molecule has 3 rings (SSSR count). The third-order valence-corrected chi connectivity index (χ3v) is 4.52. The van der Waals surface area contributed by atoms with Crippen molar-refractivity contribution in [1.82, 2.24) is 20.0 Å². The fraction of sp³-hybridized carbons (Fsp3) is 0.750. The lowest BCUT2D eigenvalue weighted by Gasteiger charge is -2.25. The number of carbonyl (C=O) groups excluding carboxylic acids is 1. The number of aryl methyl sites for hydroxylation is 1. The molecule has 1 atom stereocenters. The van der Waals surface area contributed by atoms with E-state index in [9.17, 15) is 4.79 Å². The van der Waals surface area contributed by atoms with Crippen LogP contribution < -0.4 is 5.32 Å². The summed E-state index contributed by atoms with van der Waals surface area (Å²) in [5.74, 6) is 0. The van der Waals surface area contributed by atoms with Crippen molar-refractivity contribution in [2.45, 2.75) is 58.7 Å². The van der Waals surface area contributed by atoms with Crippen LogP contribution in [0, 0.1) is 0 Å². The van der Waals surface area contributed by atoms with E-state index in [-0.39, 0.29) is 12.1 Å². The molecule has 22 heavy (non-hydrogen) atoms. The van der Waals surface area contributed by atoms with Crippen LogP contribution >= 0.6 is 0 Å². The summed E-state index contributed by atoms with van der Waals surface area (Å²) in [5, 5.41) is 7.79. The highest BCUT2D eigenvalue weighted by atomic mass is 16.5. The summed E-state index contributed by atoms with van der Waals surface area (Å²) in [4.78, 5) is 14.2. The van der Waals surface area contributed by atoms with Gasteiger partial charge in [-0.1, -0.05) is 6.92 Å². The van der Waals surface area contributed by atoms with Crippen LogP contribution in [0.4, 0.5) is 4.79 Å². The van der Waals surface area contributed by atoms with Gasteiger partial charge in [-0.3, -0.25) is 4.68 Å². The van der Waals surface area contributed by atoms with Crippen LogP contribution in [-0.4, -0.2) is 40.4 Å². The van der Waals surface area contributed by atoms with E-state index in [1.807, 2.05) is 11.8 Å². The van der Waals surface area contributed by atoms with Gasteiger partial charge in [0.2, 0.25) is 0 Å². The Kier molecular flexibility index (Phi) is 4.66. The van der Waals surface area contributed by atoms with Gasteiger partial charge < -0.3 is 15.0 Å². The summed E-state index contributed by atoms with van der Waals surface area (Å²) in [6, 6.07) is 0.126. The van der Waals surface area contributed by atoms with Gasteiger partial charge in [0.25, 0.3) is 0 Å². The number of nitrogens with zero attached hydrogens (tertiary/aromatic N) is 3. The van der Waals surface area contributed by atoms with Crippen molar-refractivity contribution >= 4 is 6.03 Å². The van der Waals surface area contributed by atoms with Gasteiger partial charge in [-0.15, -0.1) is 0 Å². The number of ether oxygens (including phenoxy) is 1. The van der Waals surface area contributed by atoms with Gasteiger partial charge in [0, 0.05) is 37.3 Å². The molecule has 2 amide bonds. The maximum atomic E-state index is 12.3. The average Bonchev–Trinajstić information content (AvgIpc) is 3.13. The van der Waals surface area contributed by atoms with E-state index < -0.39 is 0 Å². The Bertz CT molecular complexity index is 540. The average molecular weight is 306 g/mol. The minimum absolute atomic E-state index is 0.0283. The van der Waals surface area contributed by atoms with Crippen molar-refractivity contribution in [3.63, 3.8) is 0 Å². The lowest BCUT2D eigenvalue weighted by molar-refractivity contribution is 0.107. The van der Waals surface area contributed by atoms with Gasteiger partial charge in [0.1, 0.15) is 0 Å². The Balaban J connectivity index is 1.91. The molecule has 1 aromatic rings. The number of hydrogen-bond acceptors (Lipinski definition) is 3.